The molecule has 1 atom stereocenters. The minimum absolute atomic E-state index is 0.115. The molecule has 0 saturated heterocycles. The topological polar surface area (TPSA) is 86.2 Å². The number of carbonyl (C=O) groups is 1. The molecule has 1 unspecified atom stereocenters. The maximum atomic E-state index is 11.9. The first-order chi connectivity index (χ1) is 12.4. The number of carbonyl (C=O) groups excluding carboxylic acids is 1. The molecular formula is C20H20N2O3S. The molecule has 0 aliphatic carbocycles. The highest BCUT2D eigenvalue weighted by Gasteiger charge is 2.11. The van der Waals surface area contributed by atoms with Crippen molar-refractivity contribution < 1.29 is 13.5 Å². The fraction of sp³-hybridized carbons (Fsp3) is 0.200. The van der Waals surface area contributed by atoms with E-state index >= 15 is 0 Å². The summed E-state index contributed by atoms with van der Waals surface area (Å²) in [6.45, 7) is 3.83. The quantitative estimate of drug-likeness (QED) is 0.723. The predicted octanol–water partition coefficient (Wildman–Crippen LogP) is 3.36. The highest BCUT2D eigenvalue weighted by molar-refractivity contribution is 7.84. The van der Waals surface area contributed by atoms with E-state index in [9.17, 15) is 9.00 Å². The van der Waals surface area contributed by atoms with Gasteiger partial charge in [0, 0.05) is 22.1 Å². The molecule has 3 aromatic rings. The first-order valence-corrected chi connectivity index (χ1v) is 9.68. The molecular weight excluding hydrogens is 348 g/mol. The Labute approximate surface area is 154 Å². The van der Waals surface area contributed by atoms with Gasteiger partial charge in [0.2, 0.25) is 5.91 Å². The Morgan fingerprint density at radius 1 is 1.08 bits per heavy atom. The van der Waals surface area contributed by atoms with Crippen LogP contribution in [-0.2, 0) is 21.3 Å². The molecule has 0 aliphatic heterocycles. The molecule has 1 amide bonds. The maximum absolute atomic E-state index is 11.9. The Balaban J connectivity index is 1.82. The summed E-state index contributed by atoms with van der Waals surface area (Å²) < 4.78 is 17.1. The number of benzene rings is 2. The van der Waals surface area contributed by atoms with Gasteiger partial charge in [0.15, 0.2) is 0 Å². The number of aryl methyl sites for hydroxylation is 2. The van der Waals surface area contributed by atoms with E-state index in [-0.39, 0.29) is 5.75 Å². The van der Waals surface area contributed by atoms with Crippen LogP contribution < -0.4 is 5.73 Å². The third-order valence-electron chi connectivity index (χ3n) is 4.10. The number of rotatable bonds is 6. The average molecular weight is 368 g/mol. The van der Waals surface area contributed by atoms with Gasteiger partial charge in [-0.25, -0.2) is 0 Å². The van der Waals surface area contributed by atoms with Crippen LogP contribution in [0.3, 0.4) is 0 Å². The molecule has 0 bridgehead atoms. The highest BCUT2D eigenvalue weighted by Crippen LogP contribution is 2.29. The SMILES string of the molecule is Cc1noc(C)c1-c1ccc(-c2cccc(CS(=O)CC(N)=O)c2)cc1. The zero-order valence-corrected chi connectivity index (χ0v) is 15.5. The molecule has 0 aliphatic rings. The number of hydrogen-bond acceptors (Lipinski definition) is 4. The lowest BCUT2D eigenvalue weighted by Crippen LogP contribution is -2.20. The summed E-state index contributed by atoms with van der Waals surface area (Å²) >= 11 is 0. The summed E-state index contributed by atoms with van der Waals surface area (Å²) in [5, 5.41) is 4.00. The van der Waals surface area contributed by atoms with Crippen molar-refractivity contribution in [3.8, 4) is 22.3 Å². The number of hydrogen-bond donors (Lipinski definition) is 1. The summed E-state index contributed by atoms with van der Waals surface area (Å²) in [4.78, 5) is 10.9. The molecule has 3 rings (SSSR count). The minimum atomic E-state index is -1.29. The van der Waals surface area contributed by atoms with Crippen molar-refractivity contribution in [2.45, 2.75) is 19.6 Å². The van der Waals surface area contributed by atoms with Crippen molar-refractivity contribution in [1.29, 1.82) is 0 Å². The molecule has 1 aromatic heterocycles. The molecule has 0 spiro atoms. The smallest absolute Gasteiger partial charge is 0.230 e. The van der Waals surface area contributed by atoms with Crippen LogP contribution in [0.25, 0.3) is 22.3 Å². The molecule has 26 heavy (non-hydrogen) atoms. The largest absolute Gasteiger partial charge is 0.369 e. The van der Waals surface area contributed by atoms with Gasteiger partial charge in [-0.05, 0) is 36.1 Å². The average Bonchev–Trinajstić information content (AvgIpc) is 2.93. The van der Waals surface area contributed by atoms with Crippen LogP contribution in [0.1, 0.15) is 17.0 Å². The zero-order chi connectivity index (χ0) is 18.7. The lowest BCUT2D eigenvalue weighted by atomic mass is 9.99. The third-order valence-corrected chi connectivity index (χ3v) is 5.36. The van der Waals surface area contributed by atoms with Gasteiger partial charge >= 0.3 is 0 Å². The van der Waals surface area contributed by atoms with E-state index in [4.69, 9.17) is 10.3 Å². The Hall–Kier alpha value is -2.73. The van der Waals surface area contributed by atoms with Crippen LogP contribution in [-0.4, -0.2) is 21.0 Å². The molecule has 5 nitrogen and oxygen atoms in total. The summed E-state index contributed by atoms with van der Waals surface area (Å²) in [5.41, 5.74) is 11.1. The van der Waals surface area contributed by atoms with Crippen molar-refractivity contribution in [2.75, 3.05) is 5.75 Å². The first-order valence-electron chi connectivity index (χ1n) is 8.20. The van der Waals surface area contributed by atoms with E-state index in [0.29, 0.717) is 5.75 Å². The van der Waals surface area contributed by atoms with Gasteiger partial charge in [-0.2, -0.15) is 0 Å². The van der Waals surface area contributed by atoms with Crippen LogP contribution in [0.5, 0.6) is 0 Å². The van der Waals surface area contributed by atoms with E-state index in [1.165, 1.54) is 0 Å². The third kappa shape index (κ3) is 4.08. The Kier molecular flexibility index (Phi) is 5.32. The molecule has 0 fully saturated rings. The van der Waals surface area contributed by atoms with Crippen molar-refractivity contribution in [1.82, 2.24) is 5.16 Å². The van der Waals surface area contributed by atoms with E-state index < -0.39 is 16.7 Å². The predicted molar refractivity (Wildman–Crippen MR) is 103 cm³/mol. The minimum Gasteiger partial charge on any atom is -0.369 e. The number of nitrogens with two attached hydrogens (primary N) is 1. The molecule has 0 saturated carbocycles. The normalized spacial score (nSPS) is 12.1. The van der Waals surface area contributed by atoms with Gasteiger partial charge < -0.3 is 10.3 Å². The fourth-order valence-electron chi connectivity index (χ4n) is 2.96. The second kappa shape index (κ2) is 7.66. The van der Waals surface area contributed by atoms with E-state index in [1.54, 1.807) is 0 Å². The van der Waals surface area contributed by atoms with E-state index in [1.807, 2.05) is 62.4 Å². The lowest BCUT2D eigenvalue weighted by Gasteiger charge is -2.07. The molecule has 2 aromatic carbocycles. The first kappa shape index (κ1) is 18.1. The molecule has 1 heterocycles. The summed E-state index contributed by atoms with van der Waals surface area (Å²) in [6.07, 6.45) is 0. The summed E-state index contributed by atoms with van der Waals surface area (Å²) in [5.74, 6) is 0.452. The lowest BCUT2D eigenvalue weighted by molar-refractivity contribution is -0.115. The van der Waals surface area contributed by atoms with Gasteiger partial charge in [-0.3, -0.25) is 9.00 Å². The molecule has 6 heteroatoms. The zero-order valence-electron chi connectivity index (χ0n) is 14.7. The van der Waals surface area contributed by atoms with Gasteiger partial charge in [-0.15, -0.1) is 0 Å². The Morgan fingerprint density at radius 3 is 2.38 bits per heavy atom. The van der Waals surface area contributed by atoms with Gasteiger partial charge in [0.05, 0.1) is 5.69 Å². The number of aromatic nitrogens is 1. The molecule has 2 N–H and O–H groups in total. The van der Waals surface area contributed by atoms with Crippen LogP contribution in [0.15, 0.2) is 53.1 Å². The Morgan fingerprint density at radius 2 is 1.77 bits per heavy atom. The number of nitrogens with zero attached hydrogens (tertiary/aromatic N) is 1. The summed E-state index contributed by atoms with van der Waals surface area (Å²) in [7, 11) is -1.29. The monoisotopic (exact) mass is 368 g/mol. The van der Waals surface area contributed by atoms with Gasteiger partial charge in [0.1, 0.15) is 11.5 Å². The van der Waals surface area contributed by atoms with Crippen molar-refractivity contribution in [3.63, 3.8) is 0 Å². The second-order valence-corrected chi connectivity index (χ2v) is 7.63. The highest BCUT2D eigenvalue weighted by atomic mass is 32.2. The number of primary amides is 1. The van der Waals surface area contributed by atoms with Crippen molar-refractivity contribution in [2.24, 2.45) is 5.73 Å². The molecule has 0 radical (unpaired) electrons. The van der Waals surface area contributed by atoms with Crippen molar-refractivity contribution in [3.05, 3.63) is 65.5 Å². The standard InChI is InChI=1S/C20H20N2O3S/c1-13-20(14(2)25-22-13)17-8-6-16(7-9-17)18-5-3-4-15(10-18)11-26(24)12-19(21)23/h3-10H,11-12H2,1-2H3,(H2,21,23). The van der Waals surface area contributed by atoms with E-state index in [0.717, 1.165) is 39.3 Å². The second-order valence-electron chi connectivity index (χ2n) is 6.17. The van der Waals surface area contributed by atoms with Crippen LogP contribution in [0.2, 0.25) is 0 Å². The van der Waals surface area contributed by atoms with Crippen LogP contribution in [0.4, 0.5) is 0 Å². The molecule has 134 valence electrons. The fourth-order valence-corrected chi connectivity index (χ4v) is 3.93. The Bertz CT molecular complexity index is 942. The van der Waals surface area contributed by atoms with Gasteiger partial charge in [0.25, 0.3) is 0 Å². The van der Waals surface area contributed by atoms with E-state index in [2.05, 4.69) is 5.16 Å². The van der Waals surface area contributed by atoms with Gasteiger partial charge in [-0.1, -0.05) is 53.7 Å². The maximum Gasteiger partial charge on any atom is 0.230 e. The van der Waals surface area contributed by atoms with Crippen molar-refractivity contribution >= 4 is 16.7 Å². The van der Waals surface area contributed by atoms with Crippen LogP contribution >= 0.6 is 0 Å². The summed E-state index contributed by atoms with van der Waals surface area (Å²) in [6, 6.07) is 16.0. The van der Waals surface area contributed by atoms with Crippen LogP contribution in [0, 0.1) is 13.8 Å². The number of amides is 1.